The number of aliphatic imine (C=N–C) groups is 1. The Labute approximate surface area is 177 Å². The summed E-state index contributed by atoms with van der Waals surface area (Å²) in [6, 6.07) is 7.77. The lowest BCUT2D eigenvalue weighted by Crippen LogP contribution is -2.40. The molecule has 0 unspecified atom stereocenters. The fourth-order valence-corrected chi connectivity index (χ4v) is 2.84. The van der Waals surface area contributed by atoms with Gasteiger partial charge in [-0.15, -0.1) is 35.3 Å². The number of guanidine groups is 1. The van der Waals surface area contributed by atoms with Gasteiger partial charge >= 0.3 is 6.18 Å². The number of alkyl halides is 3. The van der Waals surface area contributed by atoms with Crippen molar-refractivity contribution in [1.29, 1.82) is 0 Å². The fourth-order valence-electron chi connectivity index (χ4n) is 2.04. The molecule has 0 amide bonds. The number of hydrogen-bond acceptors (Lipinski definition) is 4. The first kappa shape index (κ1) is 23.5. The van der Waals surface area contributed by atoms with Crippen LogP contribution in [0, 0.1) is 6.92 Å². The number of nitrogens with one attached hydrogen (secondary N) is 2. The van der Waals surface area contributed by atoms with Crippen LogP contribution in [0.4, 0.5) is 13.2 Å². The summed E-state index contributed by atoms with van der Waals surface area (Å²) < 4.78 is 43.1. The molecule has 5 nitrogen and oxygen atoms in total. The van der Waals surface area contributed by atoms with Crippen molar-refractivity contribution in [1.82, 2.24) is 15.6 Å². The molecular formula is C17H22F3IN4OS. The van der Waals surface area contributed by atoms with Gasteiger partial charge in [0.25, 0.3) is 0 Å². The number of aromatic nitrogens is 1. The van der Waals surface area contributed by atoms with Gasteiger partial charge in [-0.3, -0.25) is 4.99 Å². The Morgan fingerprint density at radius 3 is 2.44 bits per heavy atom. The molecule has 0 aliphatic rings. The second kappa shape index (κ2) is 11.3. The first-order chi connectivity index (χ1) is 12.4. The van der Waals surface area contributed by atoms with E-state index in [1.807, 2.05) is 31.2 Å². The second-order valence-corrected chi connectivity index (χ2v) is 6.40. The fraction of sp³-hybridized carbons (Fsp3) is 0.412. The van der Waals surface area contributed by atoms with E-state index in [0.717, 1.165) is 22.5 Å². The molecule has 0 atom stereocenters. The predicted octanol–water partition coefficient (Wildman–Crippen LogP) is 3.87. The van der Waals surface area contributed by atoms with E-state index in [0.29, 0.717) is 37.1 Å². The Balaban J connectivity index is 0.00000364. The van der Waals surface area contributed by atoms with Crippen molar-refractivity contribution in [2.75, 3.05) is 26.7 Å². The quantitative estimate of drug-likeness (QED) is 0.255. The van der Waals surface area contributed by atoms with Crippen LogP contribution >= 0.6 is 35.3 Å². The molecule has 2 rings (SSSR count). The SMILES string of the molecule is CN=C(NCCOc1ccc(C)cc1)NCCc1nc(C(F)(F)F)cs1.I. The van der Waals surface area contributed by atoms with Crippen molar-refractivity contribution < 1.29 is 17.9 Å². The number of thiazole rings is 1. The molecule has 2 N–H and O–H groups in total. The van der Waals surface area contributed by atoms with E-state index in [1.54, 1.807) is 7.05 Å². The van der Waals surface area contributed by atoms with Crippen LogP contribution in [0.15, 0.2) is 34.6 Å². The van der Waals surface area contributed by atoms with E-state index in [4.69, 9.17) is 4.74 Å². The van der Waals surface area contributed by atoms with E-state index in [1.165, 1.54) is 5.56 Å². The van der Waals surface area contributed by atoms with Crippen molar-refractivity contribution in [3.8, 4) is 5.75 Å². The lowest BCUT2D eigenvalue weighted by molar-refractivity contribution is -0.140. The Morgan fingerprint density at radius 2 is 1.85 bits per heavy atom. The molecule has 150 valence electrons. The summed E-state index contributed by atoms with van der Waals surface area (Å²) in [5.41, 5.74) is 0.330. The van der Waals surface area contributed by atoms with Crippen LogP contribution in [0.5, 0.6) is 5.75 Å². The Bertz CT molecular complexity index is 720. The molecule has 10 heteroatoms. The van der Waals surface area contributed by atoms with Gasteiger partial charge in [0.05, 0.1) is 11.6 Å². The van der Waals surface area contributed by atoms with Crippen molar-refractivity contribution >= 4 is 41.3 Å². The molecule has 2 aromatic rings. The Kier molecular flexibility index (Phi) is 9.84. The van der Waals surface area contributed by atoms with Crippen molar-refractivity contribution in [3.63, 3.8) is 0 Å². The van der Waals surface area contributed by atoms with E-state index in [2.05, 4.69) is 20.6 Å². The minimum absolute atomic E-state index is 0. The maximum absolute atomic E-state index is 12.5. The highest BCUT2D eigenvalue weighted by atomic mass is 127. The smallest absolute Gasteiger partial charge is 0.434 e. The monoisotopic (exact) mass is 514 g/mol. The third kappa shape index (κ3) is 8.33. The van der Waals surface area contributed by atoms with Crippen LogP contribution in [0.2, 0.25) is 0 Å². The molecule has 0 saturated carbocycles. The number of nitrogens with zero attached hydrogens (tertiary/aromatic N) is 2. The summed E-state index contributed by atoms with van der Waals surface area (Å²) in [5.74, 6) is 1.36. The molecule has 0 aliphatic carbocycles. The highest BCUT2D eigenvalue weighted by Crippen LogP contribution is 2.29. The average Bonchev–Trinajstić information content (AvgIpc) is 3.08. The molecule has 0 fully saturated rings. The molecule has 1 aromatic heterocycles. The van der Waals surface area contributed by atoms with Crippen LogP contribution in [-0.4, -0.2) is 37.7 Å². The lowest BCUT2D eigenvalue weighted by Gasteiger charge is -2.12. The van der Waals surface area contributed by atoms with Crippen molar-refractivity contribution in [3.05, 3.63) is 45.9 Å². The Hall–Kier alpha value is -1.56. The molecule has 1 aromatic carbocycles. The van der Waals surface area contributed by atoms with Gasteiger partial charge in [-0.1, -0.05) is 17.7 Å². The second-order valence-electron chi connectivity index (χ2n) is 5.46. The molecule has 27 heavy (non-hydrogen) atoms. The van der Waals surface area contributed by atoms with Gasteiger partial charge in [0.15, 0.2) is 11.7 Å². The molecule has 0 radical (unpaired) electrons. The van der Waals surface area contributed by atoms with E-state index >= 15 is 0 Å². The summed E-state index contributed by atoms with van der Waals surface area (Å²) in [5, 5.41) is 7.59. The number of halogens is 4. The summed E-state index contributed by atoms with van der Waals surface area (Å²) in [7, 11) is 1.63. The minimum atomic E-state index is -4.39. The molecule has 0 aliphatic heterocycles. The Morgan fingerprint density at radius 1 is 1.19 bits per heavy atom. The maximum Gasteiger partial charge on any atom is 0.434 e. The van der Waals surface area contributed by atoms with Crippen molar-refractivity contribution in [2.24, 2.45) is 4.99 Å². The predicted molar refractivity (Wildman–Crippen MR) is 112 cm³/mol. The summed E-state index contributed by atoms with van der Waals surface area (Å²) in [6.45, 7) is 3.45. The standard InChI is InChI=1S/C17H21F3N4OS.HI/c1-12-3-5-13(6-4-12)25-10-9-23-16(21-2)22-8-7-15-24-14(11-26-15)17(18,19)20;/h3-6,11H,7-10H2,1-2H3,(H2,21,22,23);1H. The minimum Gasteiger partial charge on any atom is -0.492 e. The number of rotatable bonds is 7. The number of aryl methyl sites for hydroxylation is 1. The van der Waals surface area contributed by atoms with Crippen LogP contribution in [0.3, 0.4) is 0 Å². The van der Waals surface area contributed by atoms with E-state index in [9.17, 15) is 13.2 Å². The molecule has 0 spiro atoms. The third-order valence-electron chi connectivity index (χ3n) is 3.38. The zero-order chi connectivity index (χ0) is 19.0. The number of benzene rings is 1. The largest absolute Gasteiger partial charge is 0.492 e. The van der Waals surface area contributed by atoms with E-state index < -0.39 is 11.9 Å². The van der Waals surface area contributed by atoms with Gasteiger partial charge in [0, 0.05) is 25.4 Å². The topological polar surface area (TPSA) is 58.5 Å². The first-order valence-electron chi connectivity index (χ1n) is 8.04. The summed E-state index contributed by atoms with van der Waals surface area (Å²) in [6.07, 6.45) is -4.00. The van der Waals surface area contributed by atoms with Crippen molar-refractivity contribution in [2.45, 2.75) is 19.5 Å². The summed E-state index contributed by atoms with van der Waals surface area (Å²) in [4.78, 5) is 7.65. The van der Waals surface area contributed by atoms with Gasteiger partial charge < -0.3 is 15.4 Å². The third-order valence-corrected chi connectivity index (χ3v) is 4.29. The summed E-state index contributed by atoms with van der Waals surface area (Å²) >= 11 is 1.00. The lowest BCUT2D eigenvalue weighted by atomic mass is 10.2. The number of ether oxygens (including phenoxy) is 1. The molecular weight excluding hydrogens is 492 g/mol. The first-order valence-corrected chi connectivity index (χ1v) is 8.92. The molecule has 0 saturated heterocycles. The van der Waals surface area contributed by atoms with Gasteiger partial charge in [-0.2, -0.15) is 13.2 Å². The highest BCUT2D eigenvalue weighted by molar-refractivity contribution is 14.0. The number of hydrogen-bond donors (Lipinski definition) is 2. The molecule has 0 bridgehead atoms. The van der Waals surface area contributed by atoms with Gasteiger partial charge in [0.1, 0.15) is 12.4 Å². The molecule has 1 heterocycles. The zero-order valence-corrected chi connectivity index (χ0v) is 18.1. The van der Waals surface area contributed by atoms with Crippen LogP contribution in [0.1, 0.15) is 16.3 Å². The highest BCUT2D eigenvalue weighted by Gasteiger charge is 2.33. The normalized spacial score (nSPS) is 11.7. The maximum atomic E-state index is 12.5. The van der Waals surface area contributed by atoms with Gasteiger partial charge in [0.2, 0.25) is 0 Å². The van der Waals surface area contributed by atoms with Crippen LogP contribution in [-0.2, 0) is 12.6 Å². The van der Waals surface area contributed by atoms with Crippen LogP contribution in [0.25, 0.3) is 0 Å². The van der Waals surface area contributed by atoms with Gasteiger partial charge in [-0.25, -0.2) is 4.98 Å². The average molecular weight is 514 g/mol. The van der Waals surface area contributed by atoms with E-state index in [-0.39, 0.29) is 24.0 Å². The van der Waals surface area contributed by atoms with Gasteiger partial charge in [-0.05, 0) is 19.1 Å². The zero-order valence-electron chi connectivity index (χ0n) is 15.0. The van der Waals surface area contributed by atoms with Crippen LogP contribution < -0.4 is 15.4 Å².